The summed E-state index contributed by atoms with van der Waals surface area (Å²) in [5.74, 6) is 0.607. The number of hydrogen-bond acceptors (Lipinski definition) is 0. The lowest BCUT2D eigenvalue weighted by molar-refractivity contribution is 0.869. The maximum Gasteiger partial charge on any atom is -0.00884 e. The van der Waals surface area contributed by atoms with E-state index in [-0.39, 0.29) is 0 Å². The van der Waals surface area contributed by atoms with Gasteiger partial charge >= 0.3 is 0 Å². The first-order valence-corrected chi connectivity index (χ1v) is 5.97. The highest BCUT2D eigenvalue weighted by molar-refractivity contribution is 5.89. The number of benzene rings is 2. The molecular weight excluding hydrogens is 192 g/mol. The van der Waals surface area contributed by atoms with Gasteiger partial charge in [0.1, 0.15) is 0 Å². The summed E-state index contributed by atoms with van der Waals surface area (Å²) in [6.45, 7) is 4.48. The zero-order chi connectivity index (χ0) is 11.1. The average Bonchev–Trinajstić information content (AvgIpc) is 3.11. The predicted octanol–water partition coefficient (Wildman–Crippen LogP) is 4.75. The molecule has 0 heterocycles. The van der Waals surface area contributed by atoms with Gasteiger partial charge < -0.3 is 0 Å². The van der Waals surface area contributed by atoms with Crippen LogP contribution in [0.2, 0.25) is 0 Å². The van der Waals surface area contributed by atoms with Gasteiger partial charge in [0.2, 0.25) is 0 Å². The van der Waals surface area contributed by atoms with Crippen molar-refractivity contribution in [2.24, 2.45) is 0 Å². The molecule has 0 bridgehead atoms. The molecule has 0 atom stereocenters. The molecule has 0 fully saturated rings. The lowest BCUT2D eigenvalue weighted by Crippen LogP contribution is -1.87. The van der Waals surface area contributed by atoms with Crippen LogP contribution in [-0.4, -0.2) is 0 Å². The van der Waals surface area contributed by atoms with E-state index in [1.54, 1.807) is 0 Å². The fraction of sp³-hybridized carbons (Fsp3) is 0.250. The molecule has 0 unspecified atom stereocenters. The highest BCUT2D eigenvalue weighted by atomic mass is 14.1. The monoisotopic (exact) mass is 208 g/mol. The Morgan fingerprint density at radius 1 is 0.938 bits per heavy atom. The highest BCUT2D eigenvalue weighted by Crippen LogP contribution is 2.33. The molecule has 2 aromatic rings. The van der Waals surface area contributed by atoms with E-state index in [9.17, 15) is 0 Å². The van der Waals surface area contributed by atoms with Gasteiger partial charge in [0, 0.05) is 0 Å². The second kappa shape index (κ2) is 3.48. The average molecular weight is 208 g/mol. The molecule has 1 aliphatic carbocycles. The second-order valence-corrected chi connectivity index (χ2v) is 4.91. The smallest absolute Gasteiger partial charge is 0.00884 e. The van der Waals surface area contributed by atoms with Gasteiger partial charge in [-0.2, -0.15) is 0 Å². The molecule has 16 heavy (non-hydrogen) atoms. The zero-order valence-electron chi connectivity index (χ0n) is 9.83. The fourth-order valence-electron chi connectivity index (χ4n) is 2.11. The first kappa shape index (κ1) is 9.65. The number of fused-ring (bicyclic) bond motifs is 1. The van der Waals surface area contributed by atoms with Crippen molar-refractivity contribution in [2.75, 3.05) is 0 Å². The normalized spacial score (nSPS) is 14.3. The quantitative estimate of drug-likeness (QED) is 0.668. The van der Waals surface area contributed by atoms with Crippen molar-refractivity contribution in [1.29, 1.82) is 0 Å². The Morgan fingerprint density at radius 2 is 1.62 bits per heavy atom. The van der Waals surface area contributed by atoms with E-state index in [0.717, 1.165) is 0 Å². The van der Waals surface area contributed by atoms with Crippen LogP contribution >= 0.6 is 0 Å². The first-order chi connectivity index (χ1) is 7.74. The number of hydrogen-bond donors (Lipinski definition) is 0. The van der Waals surface area contributed by atoms with Crippen LogP contribution in [0.1, 0.15) is 37.3 Å². The Bertz CT molecular complexity index is 574. The summed E-state index contributed by atoms with van der Waals surface area (Å²) >= 11 is 0. The summed E-state index contributed by atoms with van der Waals surface area (Å²) in [6, 6.07) is 13.6. The highest BCUT2D eigenvalue weighted by Gasteiger charge is 2.10. The van der Waals surface area contributed by atoms with Crippen molar-refractivity contribution in [3.63, 3.8) is 0 Å². The first-order valence-electron chi connectivity index (χ1n) is 5.97. The van der Waals surface area contributed by atoms with Crippen LogP contribution in [-0.2, 0) is 0 Å². The third kappa shape index (κ3) is 1.65. The van der Waals surface area contributed by atoms with Gasteiger partial charge in [-0.25, -0.2) is 0 Å². The Labute approximate surface area is 96.6 Å². The van der Waals surface area contributed by atoms with Crippen molar-refractivity contribution < 1.29 is 0 Å². The minimum Gasteiger partial charge on any atom is -0.0760 e. The molecule has 0 radical (unpaired) electrons. The van der Waals surface area contributed by atoms with E-state index >= 15 is 0 Å². The standard InChI is InChI=1S/C16H16/c1-11(2)13-5-6-16-10-14(12-3-4-12)7-8-15(16)9-13/h3,5-11H,4H2,1-2H3. The minimum absolute atomic E-state index is 0.607. The van der Waals surface area contributed by atoms with Gasteiger partial charge in [0.15, 0.2) is 0 Å². The molecule has 0 spiro atoms. The van der Waals surface area contributed by atoms with Gasteiger partial charge in [-0.1, -0.05) is 50.3 Å². The van der Waals surface area contributed by atoms with E-state index in [2.05, 4.69) is 56.3 Å². The van der Waals surface area contributed by atoms with Crippen LogP contribution in [0.25, 0.3) is 16.3 Å². The van der Waals surface area contributed by atoms with Crippen LogP contribution in [0.4, 0.5) is 0 Å². The van der Waals surface area contributed by atoms with Crippen LogP contribution in [0.3, 0.4) is 0 Å². The van der Waals surface area contributed by atoms with Crippen LogP contribution in [0.5, 0.6) is 0 Å². The molecule has 1 aliphatic rings. The third-order valence-electron chi connectivity index (χ3n) is 3.31. The summed E-state index contributed by atoms with van der Waals surface area (Å²) in [4.78, 5) is 0. The molecule has 2 aromatic carbocycles. The maximum absolute atomic E-state index is 2.31. The molecular formula is C16H16. The fourth-order valence-corrected chi connectivity index (χ4v) is 2.11. The van der Waals surface area contributed by atoms with Gasteiger partial charge in [-0.15, -0.1) is 0 Å². The second-order valence-electron chi connectivity index (χ2n) is 4.91. The molecule has 80 valence electrons. The van der Waals surface area contributed by atoms with Gasteiger partial charge in [-0.3, -0.25) is 0 Å². The number of rotatable bonds is 2. The summed E-state index contributed by atoms with van der Waals surface area (Å²) in [5.41, 5.74) is 4.31. The topological polar surface area (TPSA) is 0 Å². The van der Waals surface area contributed by atoms with Crippen LogP contribution in [0.15, 0.2) is 42.5 Å². The van der Waals surface area contributed by atoms with E-state index in [1.165, 1.54) is 33.9 Å². The van der Waals surface area contributed by atoms with Crippen molar-refractivity contribution in [3.05, 3.63) is 53.6 Å². The Hall–Kier alpha value is -1.56. The molecule has 0 aliphatic heterocycles. The van der Waals surface area contributed by atoms with Crippen molar-refractivity contribution in [3.8, 4) is 0 Å². The number of allylic oxidation sites excluding steroid dienone is 2. The molecule has 0 saturated heterocycles. The Kier molecular flexibility index (Phi) is 2.10. The summed E-state index contributed by atoms with van der Waals surface area (Å²) in [5, 5.41) is 2.71. The van der Waals surface area contributed by atoms with Crippen molar-refractivity contribution in [1.82, 2.24) is 0 Å². The van der Waals surface area contributed by atoms with E-state index < -0.39 is 0 Å². The minimum atomic E-state index is 0.607. The summed E-state index contributed by atoms with van der Waals surface area (Å²) in [7, 11) is 0. The van der Waals surface area contributed by atoms with E-state index in [4.69, 9.17) is 0 Å². The molecule has 0 saturated carbocycles. The lowest BCUT2D eigenvalue weighted by Gasteiger charge is -2.07. The SMILES string of the molecule is CC(C)c1ccc2cc(C3=CC3)ccc2c1. The molecule has 0 N–H and O–H groups in total. The maximum atomic E-state index is 2.31. The van der Waals surface area contributed by atoms with E-state index in [0.29, 0.717) is 5.92 Å². The molecule has 0 heteroatoms. The van der Waals surface area contributed by atoms with E-state index in [1.807, 2.05) is 0 Å². The van der Waals surface area contributed by atoms with Gasteiger partial charge in [0.05, 0.1) is 0 Å². The van der Waals surface area contributed by atoms with Crippen molar-refractivity contribution >= 4 is 16.3 Å². The largest absolute Gasteiger partial charge is 0.0760 e. The van der Waals surface area contributed by atoms with Crippen LogP contribution in [0, 0.1) is 0 Å². The molecule has 0 aromatic heterocycles. The molecule has 0 nitrogen and oxygen atoms in total. The lowest BCUT2D eigenvalue weighted by atomic mass is 9.98. The van der Waals surface area contributed by atoms with Gasteiger partial charge in [0.25, 0.3) is 0 Å². The van der Waals surface area contributed by atoms with Crippen molar-refractivity contribution in [2.45, 2.75) is 26.2 Å². The molecule has 3 rings (SSSR count). The Morgan fingerprint density at radius 3 is 2.31 bits per heavy atom. The summed E-state index contributed by atoms with van der Waals surface area (Å²) < 4.78 is 0. The predicted molar refractivity (Wildman–Crippen MR) is 70.6 cm³/mol. The summed E-state index contributed by atoms with van der Waals surface area (Å²) in [6.07, 6.45) is 3.46. The third-order valence-corrected chi connectivity index (χ3v) is 3.31. The zero-order valence-corrected chi connectivity index (χ0v) is 9.83. The van der Waals surface area contributed by atoms with Crippen LogP contribution < -0.4 is 0 Å². The molecule has 0 amide bonds. The van der Waals surface area contributed by atoms with Gasteiger partial charge in [-0.05, 0) is 45.9 Å². The Balaban J connectivity index is 2.12.